The summed E-state index contributed by atoms with van der Waals surface area (Å²) in [4.78, 5) is 26.7. The average molecular weight is 270 g/mol. The summed E-state index contributed by atoms with van der Waals surface area (Å²) in [6.07, 6.45) is 3.52. The number of nitrogens with one attached hydrogen (secondary N) is 1. The van der Waals surface area contributed by atoms with Crippen molar-refractivity contribution in [2.24, 2.45) is 0 Å². The number of rotatable bonds is 4. The summed E-state index contributed by atoms with van der Waals surface area (Å²) in [5.74, 6) is -1.15. The first-order valence-corrected chi connectivity index (χ1v) is 6.09. The molecule has 0 unspecified atom stereocenters. The molecule has 0 aliphatic rings. The topological polar surface area (TPSA) is 79.3 Å². The van der Waals surface area contributed by atoms with Gasteiger partial charge in [-0.15, -0.1) is 0 Å². The van der Waals surface area contributed by atoms with E-state index < -0.39 is 5.97 Å². The van der Waals surface area contributed by atoms with Crippen molar-refractivity contribution >= 4 is 17.6 Å². The number of hydrogen-bond donors (Lipinski definition) is 2. The van der Waals surface area contributed by atoms with Gasteiger partial charge in [-0.3, -0.25) is 9.78 Å². The Morgan fingerprint density at radius 3 is 2.70 bits per heavy atom. The van der Waals surface area contributed by atoms with Crippen molar-refractivity contribution in [3.63, 3.8) is 0 Å². The molecule has 2 N–H and O–H groups in total. The maximum atomic E-state index is 11.9. The Morgan fingerprint density at radius 2 is 2.10 bits per heavy atom. The zero-order valence-electron chi connectivity index (χ0n) is 11.0. The van der Waals surface area contributed by atoms with E-state index in [0.717, 1.165) is 5.56 Å². The quantitative estimate of drug-likeness (QED) is 0.893. The summed E-state index contributed by atoms with van der Waals surface area (Å²) in [5, 5.41) is 11.6. The number of anilines is 1. The minimum atomic E-state index is -0.985. The Hall–Kier alpha value is -2.69. The molecule has 0 atom stereocenters. The van der Waals surface area contributed by atoms with E-state index in [9.17, 15) is 9.59 Å². The van der Waals surface area contributed by atoms with Crippen LogP contribution in [0.3, 0.4) is 0 Å². The van der Waals surface area contributed by atoms with Crippen molar-refractivity contribution in [3.8, 4) is 0 Å². The largest absolute Gasteiger partial charge is 0.478 e. The molecule has 2 aromatic rings. The van der Waals surface area contributed by atoms with Gasteiger partial charge in [0.15, 0.2) is 0 Å². The summed E-state index contributed by atoms with van der Waals surface area (Å²) in [5.41, 5.74) is 2.35. The molecular weight excluding hydrogens is 256 g/mol. The van der Waals surface area contributed by atoms with Crippen molar-refractivity contribution in [2.75, 3.05) is 5.32 Å². The molecule has 0 radical (unpaired) electrons. The van der Waals surface area contributed by atoms with Crippen LogP contribution >= 0.6 is 0 Å². The van der Waals surface area contributed by atoms with Gasteiger partial charge in [0.25, 0.3) is 0 Å². The Morgan fingerprint density at radius 1 is 1.30 bits per heavy atom. The molecule has 0 saturated heterocycles. The maximum absolute atomic E-state index is 11.9. The first-order valence-electron chi connectivity index (χ1n) is 6.09. The third-order valence-electron chi connectivity index (χ3n) is 2.83. The zero-order valence-corrected chi connectivity index (χ0v) is 11.0. The number of pyridine rings is 1. The number of benzene rings is 1. The first kappa shape index (κ1) is 13.7. The molecule has 1 aromatic heterocycles. The molecule has 5 nitrogen and oxygen atoms in total. The minimum absolute atomic E-state index is 0.163. The standard InChI is InChI=1S/C15H14N2O3/c1-10-7-12(15(19)20)4-5-13(10)17-14(18)8-11-3-2-6-16-9-11/h2-7,9H,8H2,1H3,(H,17,18)(H,19,20). The Balaban J connectivity index is 2.06. The van der Waals surface area contributed by atoms with Gasteiger partial charge in [0.1, 0.15) is 0 Å². The second-order valence-corrected chi connectivity index (χ2v) is 4.42. The second-order valence-electron chi connectivity index (χ2n) is 4.42. The van der Waals surface area contributed by atoms with Crippen LogP contribution < -0.4 is 5.32 Å². The molecule has 2 rings (SSSR count). The second kappa shape index (κ2) is 5.97. The predicted molar refractivity (Wildman–Crippen MR) is 74.7 cm³/mol. The van der Waals surface area contributed by atoms with Gasteiger partial charge in [-0.1, -0.05) is 6.07 Å². The van der Waals surface area contributed by atoms with Crippen LogP contribution in [0.1, 0.15) is 21.5 Å². The highest BCUT2D eigenvalue weighted by Gasteiger charge is 2.09. The minimum Gasteiger partial charge on any atom is -0.478 e. The Bertz CT molecular complexity index is 639. The Labute approximate surface area is 116 Å². The SMILES string of the molecule is Cc1cc(C(=O)O)ccc1NC(=O)Cc1cccnc1. The van der Waals surface area contributed by atoms with Crippen LogP contribution in [0.15, 0.2) is 42.7 Å². The summed E-state index contributed by atoms with van der Waals surface area (Å²) in [6, 6.07) is 8.19. The fraction of sp³-hybridized carbons (Fsp3) is 0.133. The zero-order chi connectivity index (χ0) is 14.5. The van der Waals surface area contributed by atoms with Crippen LogP contribution in [-0.4, -0.2) is 22.0 Å². The lowest BCUT2D eigenvalue weighted by atomic mass is 10.1. The summed E-state index contributed by atoms with van der Waals surface area (Å²) in [6.45, 7) is 1.76. The van der Waals surface area contributed by atoms with Gasteiger partial charge in [0.2, 0.25) is 5.91 Å². The number of aryl methyl sites for hydroxylation is 1. The third kappa shape index (κ3) is 3.41. The molecule has 0 fully saturated rings. The van der Waals surface area contributed by atoms with Gasteiger partial charge >= 0.3 is 5.97 Å². The molecule has 20 heavy (non-hydrogen) atoms. The van der Waals surface area contributed by atoms with Crippen molar-refractivity contribution in [1.29, 1.82) is 0 Å². The highest BCUT2D eigenvalue weighted by Crippen LogP contribution is 2.17. The molecule has 102 valence electrons. The maximum Gasteiger partial charge on any atom is 0.335 e. The molecule has 0 spiro atoms. The van der Waals surface area contributed by atoms with Gasteiger partial charge in [0.05, 0.1) is 12.0 Å². The van der Waals surface area contributed by atoms with Gasteiger partial charge in [-0.25, -0.2) is 4.79 Å². The lowest BCUT2D eigenvalue weighted by molar-refractivity contribution is -0.115. The van der Waals surface area contributed by atoms with Gasteiger partial charge in [-0.05, 0) is 42.3 Å². The van der Waals surface area contributed by atoms with Crippen LogP contribution in [0, 0.1) is 6.92 Å². The normalized spacial score (nSPS) is 10.1. The average Bonchev–Trinajstić information content (AvgIpc) is 2.42. The number of hydrogen-bond acceptors (Lipinski definition) is 3. The number of nitrogens with zero attached hydrogens (tertiary/aromatic N) is 1. The smallest absolute Gasteiger partial charge is 0.335 e. The monoisotopic (exact) mass is 270 g/mol. The Kier molecular flexibility index (Phi) is 4.10. The fourth-order valence-corrected chi connectivity index (χ4v) is 1.82. The fourth-order valence-electron chi connectivity index (χ4n) is 1.82. The number of amides is 1. The number of aromatic carboxylic acids is 1. The molecule has 0 bridgehead atoms. The first-order chi connectivity index (χ1) is 9.56. The number of carboxylic acid groups (broad SMARTS) is 1. The van der Waals surface area contributed by atoms with E-state index >= 15 is 0 Å². The lowest BCUT2D eigenvalue weighted by Crippen LogP contribution is -2.15. The highest BCUT2D eigenvalue weighted by molar-refractivity contribution is 5.94. The van der Waals surface area contributed by atoms with E-state index in [1.165, 1.54) is 12.1 Å². The van der Waals surface area contributed by atoms with Crippen molar-refractivity contribution in [2.45, 2.75) is 13.3 Å². The van der Waals surface area contributed by atoms with E-state index in [2.05, 4.69) is 10.3 Å². The molecule has 0 saturated carbocycles. The number of carbonyl (C=O) groups is 2. The highest BCUT2D eigenvalue weighted by atomic mass is 16.4. The van der Waals surface area contributed by atoms with E-state index in [-0.39, 0.29) is 17.9 Å². The molecular formula is C15H14N2O3. The summed E-state index contributed by atoms with van der Waals surface area (Å²) in [7, 11) is 0. The van der Waals surface area contributed by atoms with E-state index in [1.807, 2.05) is 6.07 Å². The number of carboxylic acids is 1. The van der Waals surface area contributed by atoms with Gasteiger partial charge in [0, 0.05) is 18.1 Å². The number of aromatic nitrogens is 1. The summed E-state index contributed by atoms with van der Waals surface area (Å²) < 4.78 is 0. The molecule has 1 aromatic carbocycles. The number of carbonyl (C=O) groups excluding carboxylic acids is 1. The molecule has 1 heterocycles. The van der Waals surface area contributed by atoms with Gasteiger partial charge < -0.3 is 10.4 Å². The van der Waals surface area contributed by atoms with Crippen LogP contribution in [0.2, 0.25) is 0 Å². The van der Waals surface area contributed by atoms with E-state index in [4.69, 9.17) is 5.11 Å². The molecule has 1 amide bonds. The molecule has 0 aliphatic carbocycles. The van der Waals surface area contributed by atoms with E-state index in [0.29, 0.717) is 11.3 Å². The molecule has 0 aliphatic heterocycles. The van der Waals surface area contributed by atoms with Crippen molar-refractivity contribution in [3.05, 3.63) is 59.4 Å². The van der Waals surface area contributed by atoms with Crippen LogP contribution in [0.5, 0.6) is 0 Å². The van der Waals surface area contributed by atoms with Gasteiger partial charge in [-0.2, -0.15) is 0 Å². The van der Waals surface area contributed by atoms with Crippen molar-refractivity contribution < 1.29 is 14.7 Å². The van der Waals surface area contributed by atoms with Crippen LogP contribution in [0.25, 0.3) is 0 Å². The third-order valence-corrected chi connectivity index (χ3v) is 2.83. The van der Waals surface area contributed by atoms with E-state index in [1.54, 1.807) is 31.5 Å². The molecule has 5 heteroatoms. The van der Waals surface area contributed by atoms with Crippen molar-refractivity contribution in [1.82, 2.24) is 4.98 Å². The van der Waals surface area contributed by atoms with Crippen LogP contribution in [0.4, 0.5) is 5.69 Å². The summed E-state index contributed by atoms with van der Waals surface area (Å²) >= 11 is 0. The predicted octanol–water partition coefficient (Wildman–Crippen LogP) is 2.27. The lowest BCUT2D eigenvalue weighted by Gasteiger charge is -2.09. The van der Waals surface area contributed by atoms with Crippen LogP contribution in [-0.2, 0) is 11.2 Å².